The van der Waals surface area contributed by atoms with Gasteiger partial charge in [0, 0.05) is 6.61 Å². The summed E-state index contributed by atoms with van der Waals surface area (Å²) in [5.74, 6) is 0. The topological polar surface area (TPSA) is 50.8 Å². The number of hydrogen-bond donors (Lipinski definition) is 1. The molecule has 0 aliphatic carbocycles. The van der Waals surface area contributed by atoms with Gasteiger partial charge in [-0.2, -0.15) is 15.4 Å². The molecule has 1 rings (SSSR count). The predicted octanol–water partition coefficient (Wildman–Crippen LogP) is 0.731. The normalized spacial score (nSPS) is 10.1. The molecular formula is C6H11N3O. The number of rotatable bonds is 4. The molecule has 0 atom stereocenters. The third-order valence-electron chi connectivity index (χ3n) is 1.06. The van der Waals surface area contributed by atoms with E-state index in [-0.39, 0.29) is 0 Å². The standard InChI is InChI=1S/C6H11N3O/c1-2-3-10-5-6-4-7-9-8-6/h4H,2-3,5H2,1H3,(H,7,8,9). The van der Waals surface area contributed by atoms with E-state index in [1.807, 2.05) is 0 Å². The molecular weight excluding hydrogens is 130 g/mol. The monoisotopic (exact) mass is 141 g/mol. The summed E-state index contributed by atoms with van der Waals surface area (Å²) < 4.78 is 5.20. The number of nitrogens with one attached hydrogen (secondary N) is 1. The first-order valence-corrected chi connectivity index (χ1v) is 3.36. The first kappa shape index (κ1) is 7.21. The van der Waals surface area contributed by atoms with Crippen LogP contribution >= 0.6 is 0 Å². The Hall–Kier alpha value is -0.900. The van der Waals surface area contributed by atoms with Crippen LogP contribution in [0.2, 0.25) is 0 Å². The Kier molecular flexibility index (Phi) is 2.89. The summed E-state index contributed by atoms with van der Waals surface area (Å²) in [7, 11) is 0. The van der Waals surface area contributed by atoms with Gasteiger partial charge < -0.3 is 4.74 Å². The molecule has 1 aromatic heterocycles. The van der Waals surface area contributed by atoms with E-state index < -0.39 is 0 Å². The van der Waals surface area contributed by atoms with Gasteiger partial charge in [-0.05, 0) is 6.42 Å². The molecule has 10 heavy (non-hydrogen) atoms. The van der Waals surface area contributed by atoms with E-state index in [1.54, 1.807) is 6.20 Å². The zero-order chi connectivity index (χ0) is 7.23. The molecule has 4 nitrogen and oxygen atoms in total. The van der Waals surface area contributed by atoms with Crippen molar-refractivity contribution in [3.63, 3.8) is 0 Å². The van der Waals surface area contributed by atoms with Gasteiger partial charge in [0.15, 0.2) is 0 Å². The fourth-order valence-electron chi connectivity index (χ4n) is 0.616. The van der Waals surface area contributed by atoms with Crippen molar-refractivity contribution in [2.45, 2.75) is 20.0 Å². The molecule has 0 bridgehead atoms. The highest BCUT2D eigenvalue weighted by atomic mass is 16.5. The van der Waals surface area contributed by atoms with Crippen molar-refractivity contribution in [3.05, 3.63) is 11.9 Å². The lowest BCUT2D eigenvalue weighted by Crippen LogP contribution is -1.93. The van der Waals surface area contributed by atoms with Gasteiger partial charge in [0.25, 0.3) is 0 Å². The van der Waals surface area contributed by atoms with Gasteiger partial charge in [-0.15, -0.1) is 0 Å². The Bertz CT molecular complexity index is 162. The molecule has 4 heteroatoms. The van der Waals surface area contributed by atoms with Gasteiger partial charge in [-0.25, -0.2) is 0 Å². The van der Waals surface area contributed by atoms with E-state index in [9.17, 15) is 0 Å². The lowest BCUT2D eigenvalue weighted by atomic mass is 10.5. The largest absolute Gasteiger partial charge is 0.375 e. The molecule has 0 aromatic carbocycles. The van der Waals surface area contributed by atoms with Crippen molar-refractivity contribution in [2.75, 3.05) is 6.61 Å². The summed E-state index contributed by atoms with van der Waals surface area (Å²) in [4.78, 5) is 0. The van der Waals surface area contributed by atoms with Crippen LogP contribution < -0.4 is 0 Å². The number of aromatic nitrogens is 3. The number of nitrogens with zero attached hydrogens (tertiary/aromatic N) is 2. The maximum absolute atomic E-state index is 5.20. The fourth-order valence-corrected chi connectivity index (χ4v) is 0.616. The van der Waals surface area contributed by atoms with Crippen LogP contribution in [0.15, 0.2) is 6.20 Å². The molecule has 56 valence electrons. The number of aromatic amines is 1. The summed E-state index contributed by atoms with van der Waals surface area (Å²) in [6.07, 6.45) is 2.70. The Labute approximate surface area is 59.6 Å². The van der Waals surface area contributed by atoms with Crippen molar-refractivity contribution < 1.29 is 4.74 Å². The molecule has 0 radical (unpaired) electrons. The van der Waals surface area contributed by atoms with E-state index in [1.165, 1.54) is 0 Å². The van der Waals surface area contributed by atoms with Crippen LogP contribution in [-0.4, -0.2) is 22.0 Å². The van der Waals surface area contributed by atoms with Gasteiger partial charge >= 0.3 is 0 Å². The van der Waals surface area contributed by atoms with Crippen LogP contribution in [0, 0.1) is 0 Å². The zero-order valence-electron chi connectivity index (χ0n) is 6.00. The minimum absolute atomic E-state index is 0.560. The average molecular weight is 141 g/mol. The van der Waals surface area contributed by atoms with Crippen molar-refractivity contribution in [1.29, 1.82) is 0 Å². The molecule has 1 heterocycles. The summed E-state index contributed by atoms with van der Waals surface area (Å²) in [5, 5.41) is 9.99. The summed E-state index contributed by atoms with van der Waals surface area (Å²) in [6, 6.07) is 0. The minimum atomic E-state index is 0.560. The Balaban J connectivity index is 2.15. The van der Waals surface area contributed by atoms with Gasteiger partial charge in [-0.1, -0.05) is 6.92 Å². The van der Waals surface area contributed by atoms with E-state index in [0.29, 0.717) is 6.61 Å². The van der Waals surface area contributed by atoms with Crippen LogP contribution in [0.3, 0.4) is 0 Å². The van der Waals surface area contributed by atoms with Crippen molar-refractivity contribution in [2.24, 2.45) is 0 Å². The van der Waals surface area contributed by atoms with Crippen LogP contribution in [0.4, 0.5) is 0 Å². The molecule has 0 saturated carbocycles. The summed E-state index contributed by atoms with van der Waals surface area (Å²) >= 11 is 0. The third-order valence-corrected chi connectivity index (χ3v) is 1.06. The summed E-state index contributed by atoms with van der Waals surface area (Å²) in [6.45, 7) is 3.42. The maximum atomic E-state index is 5.20. The first-order valence-electron chi connectivity index (χ1n) is 3.36. The molecule has 0 unspecified atom stereocenters. The van der Waals surface area contributed by atoms with Gasteiger partial charge in [0.1, 0.15) is 5.69 Å². The predicted molar refractivity (Wildman–Crippen MR) is 36.3 cm³/mol. The van der Waals surface area contributed by atoms with E-state index in [4.69, 9.17) is 4.74 Å². The Morgan fingerprint density at radius 2 is 2.60 bits per heavy atom. The lowest BCUT2D eigenvalue weighted by Gasteiger charge is -1.95. The molecule has 0 spiro atoms. The second-order valence-corrected chi connectivity index (χ2v) is 2.01. The fraction of sp³-hybridized carbons (Fsp3) is 0.667. The van der Waals surface area contributed by atoms with E-state index in [2.05, 4.69) is 22.3 Å². The van der Waals surface area contributed by atoms with Crippen molar-refractivity contribution in [3.8, 4) is 0 Å². The number of H-pyrrole nitrogens is 1. The maximum Gasteiger partial charge on any atom is 0.108 e. The van der Waals surface area contributed by atoms with Gasteiger partial charge in [0.2, 0.25) is 0 Å². The molecule has 0 saturated heterocycles. The Morgan fingerprint density at radius 1 is 1.70 bits per heavy atom. The molecule has 0 aliphatic rings. The highest BCUT2D eigenvalue weighted by molar-refractivity contribution is 4.86. The molecule has 0 aliphatic heterocycles. The van der Waals surface area contributed by atoms with Crippen molar-refractivity contribution >= 4 is 0 Å². The first-order chi connectivity index (χ1) is 4.93. The van der Waals surface area contributed by atoms with Gasteiger partial charge in [0.05, 0.1) is 12.8 Å². The molecule has 1 aromatic rings. The summed E-state index contributed by atoms with van der Waals surface area (Å²) in [5.41, 5.74) is 0.855. The molecule has 0 fully saturated rings. The molecule has 1 N–H and O–H groups in total. The highest BCUT2D eigenvalue weighted by Gasteiger charge is 1.92. The average Bonchev–Trinajstić information content (AvgIpc) is 2.41. The Morgan fingerprint density at radius 3 is 3.20 bits per heavy atom. The third kappa shape index (κ3) is 2.14. The van der Waals surface area contributed by atoms with E-state index in [0.717, 1.165) is 18.7 Å². The lowest BCUT2D eigenvalue weighted by molar-refractivity contribution is 0.119. The highest BCUT2D eigenvalue weighted by Crippen LogP contribution is 1.92. The van der Waals surface area contributed by atoms with Gasteiger partial charge in [-0.3, -0.25) is 0 Å². The quantitative estimate of drug-likeness (QED) is 0.629. The minimum Gasteiger partial charge on any atom is -0.375 e. The SMILES string of the molecule is CCCOCc1cn[nH]n1. The molecule has 0 amide bonds. The van der Waals surface area contributed by atoms with Crippen LogP contribution in [0.5, 0.6) is 0 Å². The van der Waals surface area contributed by atoms with Crippen LogP contribution in [0.1, 0.15) is 19.0 Å². The smallest absolute Gasteiger partial charge is 0.108 e. The second kappa shape index (κ2) is 4.00. The number of ether oxygens (including phenoxy) is 1. The van der Waals surface area contributed by atoms with Crippen molar-refractivity contribution in [1.82, 2.24) is 15.4 Å². The zero-order valence-corrected chi connectivity index (χ0v) is 6.00. The van der Waals surface area contributed by atoms with Crippen LogP contribution in [0.25, 0.3) is 0 Å². The number of hydrogen-bond acceptors (Lipinski definition) is 3. The van der Waals surface area contributed by atoms with E-state index >= 15 is 0 Å². The van der Waals surface area contributed by atoms with Crippen LogP contribution in [-0.2, 0) is 11.3 Å². The second-order valence-electron chi connectivity index (χ2n) is 2.01.